The van der Waals surface area contributed by atoms with Gasteiger partial charge in [0.25, 0.3) is 0 Å². The van der Waals surface area contributed by atoms with Crippen LogP contribution in [0, 0.1) is 11.8 Å². The van der Waals surface area contributed by atoms with Crippen molar-refractivity contribution in [3.63, 3.8) is 0 Å². The summed E-state index contributed by atoms with van der Waals surface area (Å²) in [6, 6.07) is 8.58. The zero-order valence-electron chi connectivity index (χ0n) is 12.0. The van der Waals surface area contributed by atoms with Crippen LogP contribution in [0.1, 0.15) is 32.3 Å². The second kappa shape index (κ2) is 8.00. The first kappa shape index (κ1) is 15.8. The highest BCUT2D eigenvalue weighted by molar-refractivity contribution is 5.84. The molecule has 0 fully saturated rings. The lowest BCUT2D eigenvalue weighted by Gasteiger charge is -2.22. The topological polar surface area (TPSA) is 55.4 Å². The van der Waals surface area contributed by atoms with Gasteiger partial charge in [0.2, 0.25) is 5.91 Å². The van der Waals surface area contributed by atoms with Crippen molar-refractivity contribution in [2.75, 3.05) is 6.61 Å². The summed E-state index contributed by atoms with van der Waals surface area (Å²) in [4.78, 5) is 23.4. The molecule has 0 aliphatic rings. The van der Waals surface area contributed by atoms with Gasteiger partial charge < -0.3 is 10.1 Å². The smallest absolute Gasteiger partial charge is 0.330 e. The molecule has 0 saturated carbocycles. The number of nitrogens with one attached hydrogen (secondary N) is 1. The van der Waals surface area contributed by atoms with E-state index in [4.69, 9.17) is 4.74 Å². The van der Waals surface area contributed by atoms with E-state index in [-0.39, 0.29) is 12.5 Å². The third-order valence-corrected chi connectivity index (χ3v) is 2.69. The summed E-state index contributed by atoms with van der Waals surface area (Å²) in [6.07, 6.45) is 0. The molecule has 0 aromatic heterocycles. The van der Waals surface area contributed by atoms with Gasteiger partial charge in [0.1, 0.15) is 6.04 Å². The maximum atomic E-state index is 12.1. The summed E-state index contributed by atoms with van der Waals surface area (Å²) < 4.78 is 5.03. The first-order valence-corrected chi connectivity index (χ1v) is 6.51. The Kier molecular flexibility index (Phi) is 6.31. The van der Waals surface area contributed by atoms with Crippen LogP contribution >= 0.6 is 0 Å². The van der Waals surface area contributed by atoms with Crippen LogP contribution < -0.4 is 5.32 Å². The van der Waals surface area contributed by atoms with E-state index in [1.54, 1.807) is 13.8 Å². The number of rotatable bonds is 5. The third-order valence-electron chi connectivity index (χ3n) is 2.69. The minimum Gasteiger partial charge on any atom is -0.464 e. The Bertz CT molecular complexity index is 514. The van der Waals surface area contributed by atoms with E-state index >= 15 is 0 Å². The highest BCUT2D eigenvalue weighted by atomic mass is 16.5. The van der Waals surface area contributed by atoms with E-state index in [0.717, 1.165) is 5.56 Å². The molecule has 0 aliphatic heterocycles. The highest BCUT2D eigenvalue weighted by Gasteiger charge is 2.30. The lowest BCUT2D eigenvalue weighted by Crippen LogP contribution is -2.44. The van der Waals surface area contributed by atoms with Gasteiger partial charge in [-0.2, -0.15) is 0 Å². The molecule has 0 unspecified atom stereocenters. The van der Waals surface area contributed by atoms with Gasteiger partial charge in [-0.05, 0) is 19.4 Å². The summed E-state index contributed by atoms with van der Waals surface area (Å²) in [5.74, 6) is 4.60. The maximum absolute atomic E-state index is 12.1. The largest absolute Gasteiger partial charge is 0.464 e. The quantitative estimate of drug-likeness (QED) is 0.658. The molecule has 0 spiro atoms. The van der Waals surface area contributed by atoms with Crippen LogP contribution in [0.5, 0.6) is 0 Å². The van der Waals surface area contributed by atoms with E-state index in [9.17, 15) is 9.59 Å². The molecule has 20 heavy (non-hydrogen) atoms. The second-order valence-electron chi connectivity index (χ2n) is 4.21. The van der Waals surface area contributed by atoms with Crippen LogP contribution in [0.2, 0.25) is 0 Å². The van der Waals surface area contributed by atoms with Gasteiger partial charge in [-0.15, -0.1) is 5.92 Å². The minimum atomic E-state index is -0.803. The van der Waals surface area contributed by atoms with E-state index in [0.29, 0.717) is 0 Å². The van der Waals surface area contributed by atoms with Crippen LogP contribution in [-0.2, 0) is 14.3 Å². The highest BCUT2D eigenvalue weighted by Crippen LogP contribution is 2.20. The van der Waals surface area contributed by atoms with E-state index in [1.807, 2.05) is 30.3 Å². The van der Waals surface area contributed by atoms with Crippen molar-refractivity contribution in [3.8, 4) is 11.8 Å². The molecule has 0 bridgehead atoms. The number of hydrogen-bond donors (Lipinski definition) is 1. The van der Waals surface area contributed by atoms with Gasteiger partial charge in [0.15, 0.2) is 0 Å². The summed E-state index contributed by atoms with van der Waals surface area (Å²) in [6.45, 7) is 5.06. The lowest BCUT2D eigenvalue weighted by molar-refractivity contribution is -0.147. The van der Waals surface area contributed by atoms with Crippen LogP contribution in [0.15, 0.2) is 30.3 Å². The summed E-state index contributed by atoms with van der Waals surface area (Å²) >= 11 is 0. The maximum Gasteiger partial charge on any atom is 0.330 e. The molecule has 0 saturated heterocycles. The average molecular weight is 273 g/mol. The predicted octanol–water partition coefficient (Wildman–Crippen LogP) is 1.86. The van der Waals surface area contributed by atoms with Crippen molar-refractivity contribution in [3.05, 3.63) is 35.9 Å². The van der Waals surface area contributed by atoms with Gasteiger partial charge in [0, 0.05) is 6.92 Å². The van der Waals surface area contributed by atoms with Crippen molar-refractivity contribution in [2.45, 2.75) is 32.7 Å². The Morgan fingerprint density at radius 1 is 1.30 bits per heavy atom. The molecule has 106 valence electrons. The fraction of sp³-hybridized carbons (Fsp3) is 0.375. The summed E-state index contributed by atoms with van der Waals surface area (Å²) in [5.41, 5.74) is 0.869. The number of carbonyl (C=O) groups excluding carboxylic acids is 2. The van der Waals surface area contributed by atoms with Crippen LogP contribution in [-0.4, -0.2) is 24.5 Å². The van der Waals surface area contributed by atoms with Gasteiger partial charge in [-0.25, -0.2) is 4.79 Å². The fourth-order valence-corrected chi connectivity index (χ4v) is 1.90. The van der Waals surface area contributed by atoms with Crippen molar-refractivity contribution < 1.29 is 14.3 Å². The monoisotopic (exact) mass is 273 g/mol. The van der Waals surface area contributed by atoms with Crippen LogP contribution in [0.4, 0.5) is 0 Å². The number of benzene rings is 1. The van der Waals surface area contributed by atoms with E-state index < -0.39 is 17.9 Å². The Hall–Kier alpha value is -2.28. The van der Waals surface area contributed by atoms with Crippen molar-refractivity contribution in [2.24, 2.45) is 0 Å². The number of hydrogen-bond acceptors (Lipinski definition) is 3. The molecule has 0 aliphatic carbocycles. The van der Waals surface area contributed by atoms with Gasteiger partial charge in [0.05, 0.1) is 12.5 Å². The van der Waals surface area contributed by atoms with Crippen molar-refractivity contribution >= 4 is 11.9 Å². The van der Waals surface area contributed by atoms with E-state index in [2.05, 4.69) is 17.2 Å². The first-order valence-electron chi connectivity index (χ1n) is 6.51. The number of carbonyl (C=O) groups is 2. The lowest BCUT2D eigenvalue weighted by atomic mass is 9.91. The Morgan fingerprint density at radius 3 is 2.45 bits per heavy atom. The molecule has 4 nitrogen and oxygen atoms in total. The third kappa shape index (κ3) is 4.43. The standard InChI is InChI=1S/C16H19NO3/c1-4-9-14(13-10-7-6-8-11-13)15(17-12(3)18)16(19)20-5-2/h6-8,10-11,14-15H,5H2,1-3H3,(H,17,18)/t14-,15-/m0/s1. The normalized spacial score (nSPS) is 12.6. The van der Waals surface area contributed by atoms with Crippen LogP contribution in [0.3, 0.4) is 0 Å². The molecule has 1 amide bonds. The van der Waals surface area contributed by atoms with E-state index in [1.165, 1.54) is 6.92 Å². The van der Waals surface area contributed by atoms with Gasteiger partial charge in [-0.1, -0.05) is 36.3 Å². The molecule has 1 aromatic rings. The van der Waals surface area contributed by atoms with Crippen molar-refractivity contribution in [1.82, 2.24) is 5.32 Å². The Labute approximate surface area is 119 Å². The molecule has 0 radical (unpaired) electrons. The number of esters is 1. The Morgan fingerprint density at radius 2 is 1.95 bits per heavy atom. The predicted molar refractivity (Wildman–Crippen MR) is 76.9 cm³/mol. The molecule has 1 aromatic carbocycles. The zero-order chi connectivity index (χ0) is 15.0. The Balaban J connectivity index is 3.13. The van der Waals surface area contributed by atoms with Gasteiger partial charge >= 0.3 is 5.97 Å². The molecular weight excluding hydrogens is 254 g/mol. The average Bonchev–Trinajstić information content (AvgIpc) is 2.43. The minimum absolute atomic E-state index is 0.260. The SMILES string of the molecule is CC#C[C@@H](c1ccccc1)[C@H](NC(C)=O)C(=O)OCC. The number of amides is 1. The second-order valence-corrected chi connectivity index (χ2v) is 4.21. The number of ether oxygens (including phenoxy) is 1. The first-order chi connectivity index (χ1) is 9.60. The summed E-state index contributed by atoms with van der Waals surface area (Å²) in [5, 5.41) is 2.63. The van der Waals surface area contributed by atoms with Crippen molar-refractivity contribution in [1.29, 1.82) is 0 Å². The molecule has 1 N–H and O–H groups in total. The zero-order valence-corrected chi connectivity index (χ0v) is 12.0. The van der Waals surface area contributed by atoms with Gasteiger partial charge in [-0.3, -0.25) is 4.79 Å². The molecule has 0 heterocycles. The molecule has 4 heteroatoms. The summed E-state index contributed by atoms with van der Waals surface area (Å²) in [7, 11) is 0. The fourth-order valence-electron chi connectivity index (χ4n) is 1.90. The van der Waals surface area contributed by atoms with Crippen LogP contribution in [0.25, 0.3) is 0 Å². The molecule has 2 atom stereocenters. The molecule has 1 rings (SSSR count). The molecular formula is C16H19NO3.